The molecule has 1 heterocycles. The third-order valence-electron chi connectivity index (χ3n) is 4.41. The molecule has 0 unspecified atom stereocenters. The molecule has 1 aliphatic rings. The molecule has 1 atom stereocenters. The number of benzene rings is 2. The standard InChI is InChI=1S/C19H12ClF6NO2/c20-13-5-6-15-11(7-13)8-14(17(28)29)16(19(24,25)26)27(15)9-10-1-3-12(4-2-10)18(21,22)23/h1-8,16H,9H2,(H,28,29)/t16-/m0/s1. The Bertz CT molecular complexity index is 966. The first-order valence-corrected chi connectivity index (χ1v) is 8.49. The maximum Gasteiger partial charge on any atom is 0.416 e. The van der Waals surface area contributed by atoms with Gasteiger partial charge in [0.2, 0.25) is 0 Å². The molecule has 0 aliphatic carbocycles. The van der Waals surface area contributed by atoms with Crippen LogP contribution < -0.4 is 4.90 Å². The third kappa shape index (κ3) is 4.34. The van der Waals surface area contributed by atoms with Crippen molar-refractivity contribution in [2.24, 2.45) is 0 Å². The van der Waals surface area contributed by atoms with E-state index in [0.29, 0.717) is 0 Å². The molecule has 154 valence electrons. The van der Waals surface area contributed by atoms with Crippen LogP contribution in [0, 0.1) is 0 Å². The summed E-state index contributed by atoms with van der Waals surface area (Å²) in [5.41, 5.74) is -1.45. The molecule has 1 aliphatic heterocycles. The summed E-state index contributed by atoms with van der Waals surface area (Å²) in [6, 6.07) is 5.16. The normalized spacial score (nSPS) is 17.0. The highest BCUT2D eigenvalue weighted by Gasteiger charge is 2.50. The monoisotopic (exact) mass is 435 g/mol. The molecule has 3 rings (SSSR count). The predicted octanol–water partition coefficient (Wildman–Crippen LogP) is 5.78. The van der Waals surface area contributed by atoms with E-state index in [0.717, 1.165) is 35.2 Å². The van der Waals surface area contributed by atoms with Gasteiger partial charge in [-0.2, -0.15) is 26.3 Å². The van der Waals surface area contributed by atoms with Crippen LogP contribution >= 0.6 is 11.6 Å². The lowest BCUT2D eigenvalue weighted by Crippen LogP contribution is -2.50. The van der Waals surface area contributed by atoms with E-state index in [1.807, 2.05) is 0 Å². The summed E-state index contributed by atoms with van der Waals surface area (Å²) in [4.78, 5) is 12.3. The first-order valence-electron chi connectivity index (χ1n) is 8.12. The number of halogens is 7. The Morgan fingerprint density at radius 2 is 1.66 bits per heavy atom. The van der Waals surface area contributed by atoms with Crippen LogP contribution in [-0.4, -0.2) is 23.3 Å². The molecule has 0 saturated heterocycles. The van der Waals surface area contributed by atoms with E-state index >= 15 is 0 Å². The second-order valence-corrected chi connectivity index (χ2v) is 6.81. The van der Waals surface area contributed by atoms with Gasteiger partial charge in [0, 0.05) is 17.3 Å². The number of aliphatic carboxylic acids is 1. The molecule has 29 heavy (non-hydrogen) atoms. The van der Waals surface area contributed by atoms with Gasteiger partial charge in [-0.15, -0.1) is 0 Å². The van der Waals surface area contributed by atoms with Crippen LogP contribution in [0.3, 0.4) is 0 Å². The number of carbonyl (C=O) groups is 1. The van der Waals surface area contributed by atoms with Crippen molar-refractivity contribution >= 4 is 29.3 Å². The van der Waals surface area contributed by atoms with Gasteiger partial charge >= 0.3 is 18.3 Å². The minimum absolute atomic E-state index is 0.0709. The highest BCUT2D eigenvalue weighted by Crippen LogP contribution is 2.42. The Balaban J connectivity index is 2.08. The average Bonchev–Trinajstić information content (AvgIpc) is 2.59. The van der Waals surface area contributed by atoms with Crippen molar-refractivity contribution in [1.29, 1.82) is 0 Å². The lowest BCUT2D eigenvalue weighted by Gasteiger charge is -2.39. The average molecular weight is 436 g/mol. The van der Waals surface area contributed by atoms with E-state index in [1.165, 1.54) is 18.2 Å². The first-order chi connectivity index (χ1) is 13.4. The lowest BCUT2D eigenvalue weighted by atomic mass is 9.94. The number of hydrogen-bond donors (Lipinski definition) is 1. The molecular weight excluding hydrogens is 424 g/mol. The van der Waals surface area contributed by atoms with Crippen LogP contribution in [0.5, 0.6) is 0 Å². The van der Waals surface area contributed by atoms with Crippen molar-refractivity contribution in [3.8, 4) is 0 Å². The fourth-order valence-electron chi connectivity index (χ4n) is 3.16. The van der Waals surface area contributed by atoms with Gasteiger partial charge < -0.3 is 10.0 Å². The zero-order chi connectivity index (χ0) is 21.6. The smallest absolute Gasteiger partial charge is 0.416 e. The summed E-state index contributed by atoms with van der Waals surface area (Å²) >= 11 is 5.87. The number of carboxylic acids is 1. The number of rotatable bonds is 3. The van der Waals surface area contributed by atoms with Crippen LogP contribution in [-0.2, 0) is 17.5 Å². The van der Waals surface area contributed by atoms with E-state index in [9.17, 15) is 36.2 Å². The van der Waals surface area contributed by atoms with E-state index in [1.54, 1.807) is 0 Å². The van der Waals surface area contributed by atoms with Gasteiger partial charge in [0.15, 0.2) is 6.04 Å². The van der Waals surface area contributed by atoms with Crippen molar-refractivity contribution in [3.63, 3.8) is 0 Å². The minimum atomic E-state index is -4.94. The maximum absolute atomic E-state index is 13.8. The molecule has 0 radical (unpaired) electrons. The van der Waals surface area contributed by atoms with E-state index in [-0.39, 0.29) is 21.8 Å². The van der Waals surface area contributed by atoms with Crippen molar-refractivity contribution in [3.05, 3.63) is 69.8 Å². The van der Waals surface area contributed by atoms with Gasteiger partial charge in [0.1, 0.15) is 0 Å². The number of hydrogen-bond acceptors (Lipinski definition) is 2. The Morgan fingerprint density at radius 3 is 2.17 bits per heavy atom. The number of carboxylic acid groups (broad SMARTS) is 1. The fourth-order valence-corrected chi connectivity index (χ4v) is 3.34. The number of alkyl halides is 6. The Hall–Kier alpha value is -2.68. The Kier molecular flexibility index (Phi) is 5.29. The molecule has 10 heteroatoms. The molecule has 2 aromatic rings. The quantitative estimate of drug-likeness (QED) is 0.621. The maximum atomic E-state index is 13.8. The van der Waals surface area contributed by atoms with Crippen LogP contribution in [0.25, 0.3) is 6.08 Å². The summed E-state index contributed by atoms with van der Waals surface area (Å²) < 4.78 is 79.5. The largest absolute Gasteiger partial charge is 0.478 e. The van der Waals surface area contributed by atoms with Crippen molar-refractivity contribution in [2.75, 3.05) is 4.90 Å². The Morgan fingerprint density at radius 1 is 1.03 bits per heavy atom. The summed E-state index contributed by atoms with van der Waals surface area (Å²) in [6.45, 7) is -0.457. The van der Waals surface area contributed by atoms with Gasteiger partial charge in [-0.1, -0.05) is 23.7 Å². The van der Waals surface area contributed by atoms with Gasteiger partial charge in [-0.25, -0.2) is 4.79 Å². The van der Waals surface area contributed by atoms with E-state index in [2.05, 4.69) is 0 Å². The summed E-state index contributed by atoms with van der Waals surface area (Å²) in [7, 11) is 0. The molecule has 0 amide bonds. The predicted molar refractivity (Wildman–Crippen MR) is 94.5 cm³/mol. The van der Waals surface area contributed by atoms with Crippen molar-refractivity contribution in [1.82, 2.24) is 0 Å². The zero-order valence-electron chi connectivity index (χ0n) is 14.4. The summed E-state index contributed by atoms with van der Waals surface area (Å²) in [5, 5.41) is 9.52. The molecule has 0 saturated carbocycles. The van der Waals surface area contributed by atoms with Crippen LogP contribution in [0.15, 0.2) is 48.0 Å². The third-order valence-corrected chi connectivity index (χ3v) is 4.64. The molecule has 3 nitrogen and oxygen atoms in total. The summed E-state index contributed by atoms with van der Waals surface area (Å²) in [6.07, 6.45) is -8.61. The van der Waals surface area contributed by atoms with Gasteiger partial charge in [-0.05, 0) is 47.5 Å². The van der Waals surface area contributed by atoms with Gasteiger partial charge in [0.05, 0.1) is 11.1 Å². The second kappa shape index (κ2) is 7.29. The van der Waals surface area contributed by atoms with E-state index < -0.39 is 42.0 Å². The molecular formula is C19H12ClF6NO2. The lowest BCUT2D eigenvalue weighted by molar-refractivity contribution is -0.150. The first kappa shape index (κ1) is 21.0. The highest BCUT2D eigenvalue weighted by atomic mass is 35.5. The molecule has 0 spiro atoms. The van der Waals surface area contributed by atoms with Gasteiger partial charge in [0.25, 0.3) is 0 Å². The minimum Gasteiger partial charge on any atom is -0.478 e. The van der Waals surface area contributed by atoms with Crippen molar-refractivity contribution < 1.29 is 36.2 Å². The molecule has 0 fully saturated rings. The fraction of sp³-hybridized carbons (Fsp3) is 0.211. The SMILES string of the molecule is O=C(O)C1=Cc2cc(Cl)ccc2N(Cc2ccc(C(F)(F)F)cc2)[C@@H]1C(F)(F)F. The number of nitrogens with zero attached hydrogens (tertiary/aromatic N) is 1. The molecule has 0 aromatic heterocycles. The number of fused-ring (bicyclic) bond motifs is 1. The topological polar surface area (TPSA) is 40.5 Å². The second-order valence-electron chi connectivity index (χ2n) is 6.37. The van der Waals surface area contributed by atoms with Crippen LogP contribution in [0.4, 0.5) is 32.0 Å². The Labute approximate surface area is 165 Å². The van der Waals surface area contributed by atoms with Crippen LogP contribution in [0.2, 0.25) is 5.02 Å². The molecule has 2 aromatic carbocycles. The molecule has 0 bridgehead atoms. The van der Waals surface area contributed by atoms with E-state index in [4.69, 9.17) is 11.6 Å². The number of anilines is 1. The zero-order valence-corrected chi connectivity index (χ0v) is 15.1. The van der Waals surface area contributed by atoms with Gasteiger partial charge in [-0.3, -0.25) is 0 Å². The highest BCUT2D eigenvalue weighted by molar-refractivity contribution is 6.30. The van der Waals surface area contributed by atoms with Crippen molar-refractivity contribution in [2.45, 2.75) is 24.9 Å². The van der Waals surface area contributed by atoms with Crippen LogP contribution in [0.1, 0.15) is 16.7 Å². The summed E-state index contributed by atoms with van der Waals surface area (Å²) in [5.74, 6) is -1.75. The molecule has 1 N–H and O–H groups in total.